The number of likely N-dealkylation sites (tertiary alicyclic amines) is 1. The molecule has 1 fully saturated rings. The standard InChI is InChI=1S/C15H20FNO2/c1-2-13(15(18)17-10-6-3-7-11-17)19-14-9-5-4-8-12(14)16/h4-5,8-9,13H,2-3,6-7,10-11H2,1H3/t13-/m1/s1. The van der Waals surface area contributed by atoms with E-state index in [9.17, 15) is 9.18 Å². The van der Waals surface area contributed by atoms with Gasteiger partial charge in [-0.05, 0) is 37.8 Å². The van der Waals surface area contributed by atoms with Crippen molar-refractivity contribution in [1.29, 1.82) is 0 Å². The lowest BCUT2D eigenvalue weighted by atomic mass is 10.1. The number of benzene rings is 1. The van der Waals surface area contributed by atoms with Crippen molar-refractivity contribution in [3.8, 4) is 5.75 Å². The van der Waals surface area contributed by atoms with Crippen molar-refractivity contribution in [1.82, 2.24) is 4.90 Å². The van der Waals surface area contributed by atoms with E-state index < -0.39 is 11.9 Å². The second-order valence-corrected chi connectivity index (χ2v) is 4.83. The Morgan fingerprint density at radius 3 is 2.63 bits per heavy atom. The Labute approximate surface area is 113 Å². The zero-order valence-electron chi connectivity index (χ0n) is 11.3. The minimum Gasteiger partial charge on any atom is -0.478 e. The summed E-state index contributed by atoms with van der Waals surface area (Å²) in [7, 11) is 0. The summed E-state index contributed by atoms with van der Waals surface area (Å²) >= 11 is 0. The molecule has 1 heterocycles. The quantitative estimate of drug-likeness (QED) is 0.837. The van der Waals surface area contributed by atoms with Gasteiger partial charge in [-0.25, -0.2) is 4.39 Å². The molecule has 2 rings (SSSR count). The Hall–Kier alpha value is -1.58. The van der Waals surface area contributed by atoms with E-state index in [0.717, 1.165) is 25.9 Å². The Morgan fingerprint density at radius 2 is 2.00 bits per heavy atom. The van der Waals surface area contributed by atoms with E-state index in [1.807, 2.05) is 11.8 Å². The van der Waals surface area contributed by atoms with E-state index in [4.69, 9.17) is 4.74 Å². The van der Waals surface area contributed by atoms with Gasteiger partial charge in [-0.15, -0.1) is 0 Å². The van der Waals surface area contributed by atoms with Crippen LogP contribution in [0.4, 0.5) is 4.39 Å². The third-order valence-electron chi connectivity index (χ3n) is 3.42. The molecule has 1 aromatic carbocycles. The van der Waals surface area contributed by atoms with Gasteiger partial charge in [0.05, 0.1) is 0 Å². The summed E-state index contributed by atoms with van der Waals surface area (Å²) in [5, 5.41) is 0. The highest BCUT2D eigenvalue weighted by atomic mass is 19.1. The lowest BCUT2D eigenvalue weighted by molar-refractivity contribution is -0.139. The molecule has 1 amide bonds. The fourth-order valence-electron chi connectivity index (χ4n) is 2.32. The molecule has 4 heteroatoms. The molecule has 0 spiro atoms. The molecule has 1 saturated heterocycles. The molecule has 0 radical (unpaired) electrons. The van der Waals surface area contributed by atoms with E-state index in [-0.39, 0.29) is 11.7 Å². The fraction of sp³-hybridized carbons (Fsp3) is 0.533. The fourth-order valence-corrected chi connectivity index (χ4v) is 2.32. The summed E-state index contributed by atoms with van der Waals surface area (Å²) in [4.78, 5) is 14.2. The molecule has 0 aromatic heterocycles. The maximum Gasteiger partial charge on any atom is 0.263 e. The van der Waals surface area contributed by atoms with Gasteiger partial charge in [0.15, 0.2) is 17.7 Å². The van der Waals surface area contributed by atoms with Gasteiger partial charge in [-0.2, -0.15) is 0 Å². The summed E-state index contributed by atoms with van der Waals surface area (Å²) < 4.78 is 19.1. The molecule has 3 nitrogen and oxygen atoms in total. The van der Waals surface area contributed by atoms with Crippen molar-refractivity contribution in [2.75, 3.05) is 13.1 Å². The van der Waals surface area contributed by atoms with Crippen molar-refractivity contribution in [3.63, 3.8) is 0 Å². The first-order valence-corrected chi connectivity index (χ1v) is 6.92. The Morgan fingerprint density at radius 1 is 1.32 bits per heavy atom. The van der Waals surface area contributed by atoms with Crippen LogP contribution in [0.5, 0.6) is 5.75 Å². The molecular weight excluding hydrogens is 245 g/mol. The molecule has 0 unspecified atom stereocenters. The molecule has 0 bridgehead atoms. The van der Waals surface area contributed by atoms with Crippen molar-refractivity contribution in [2.24, 2.45) is 0 Å². The van der Waals surface area contributed by atoms with E-state index >= 15 is 0 Å². The average Bonchev–Trinajstić information content (AvgIpc) is 2.47. The molecule has 104 valence electrons. The normalized spacial score (nSPS) is 17.1. The van der Waals surface area contributed by atoms with Crippen LogP contribution in [0.15, 0.2) is 24.3 Å². The number of nitrogens with zero attached hydrogens (tertiary/aromatic N) is 1. The molecule has 0 aliphatic carbocycles. The Balaban J connectivity index is 2.03. The average molecular weight is 265 g/mol. The number of halogens is 1. The lowest BCUT2D eigenvalue weighted by Gasteiger charge is -2.30. The van der Waals surface area contributed by atoms with Gasteiger partial charge in [-0.1, -0.05) is 19.1 Å². The van der Waals surface area contributed by atoms with E-state index in [1.54, 1.807) is 18.2 Å². The number of hydrogen-bond donors (Lipinski definition) is 0. The van der Waals surface area contributed by atoms with Gasteiger partial charge in [0, 0.05) is 13.1 Å². The number of amides is 1. The van der Waals surface area contributed by atoms with Crippen LogP contribution in [0.1, 0.15) is 32.6 Å². The van der Waals surface area contributed by atoms with Crippen LogP contribution in [-0.4, -0.2) is 30.0 Å². The van der Waals surface area contributed by atoms with Gasteiger partial charge in [0.25, 0.3) is 5.91 Å². The number of carbonyl (C=O) groups is 1. The molecular formula is C15H20FNO2. The maximum atomic E-state index is 13.5. The van der Waals surface area contributed by atoms with Gasteiger partial charge in [-0.3, -0.25) is 4.79 Å². The SMILES string of the molecule is CC[C@@H](Oc1ccccc1F)C(=O)N1CCCCC1. The summed E-state index contributed by atoms with van der Waals surface area (Å²) in [6.07, 6.45) is 3.22. The number of piperidine rings is 1. The van der Waals surface area contributed by atoms with Crippen LogP contribution in [0.2, 0.25) is 0 Å². The van der Waals surface area contributed by atoms with Crippen LogP contribution in [0, 0.1) is 5.82 Å². The lowest BCUT2D eigenvalue weighted by Crippen LogP contribution is -2.44. The minimum atomic E-state index is -0.588. The highest BCUT2D eigenvalue weighted by molar-refractivity contribution is 5.81. The predicted octanol–water partition coefficient (Wildman–Crippen LogP) is 3.00. The molecule has 1 aromatic rings. The molecule has 1 aliphatic heterocycles. The zero-order chi connectivity index (χ0) is 13.7. The van der Waals surface area contributed by atoms with Crippen molar-refractivity contribution in [2.45, 2.75) is 38.7 Å². The summed E-state index contributed by atoms with van der Waals surface area (Å²) in [5.41, 5.74) is 0. The van der Waals surface area contributed by atoms with E-state index in [1.165, 1.54) is 12.5 Å². The Bertz CT molecular complexity index is 430. The number of ether oxygens (including phenoxy) is 1. The van der Waals surface area contributed by atoms with E-state index in [2.05, 4.69) is 0 Å². The van der Waals surface area contributed by atoms with Gasteiger partial charge < -0.3 is 9.64 Å². The topological polar surface area (TPSA) is 29.5 Å². The van der Waals surface area contributed by atoms with E-state index in [0.29, 0.717) is 6.42 Å². The molecule has 19 heavy (non-hydrogen) atoms. The smallest absolute Gasteiger partial charge is 0.263 e. The third kappa shape index (κ3) is 3.46. The van der Waals surface area contributed by atoms with Crippen LogP contribution >= 0.6 is 0 Å². The minimum absolute atomic E-state index is 0.0227. The predicted molar refractivity (Wildman–Crippen MR) is 71.5 cm³/mol. The molecule has 1 aliphatic rings. The summed E-state index contributed by atoms with van der Waals surface area (Å²) in [6.45, 7) is 3.46. The van der Waals surface area contributed by atoms with Gasteiger partial charge in [0.2, 0.25) is 0 Å². The second-order valence-electron chi connectivity index (χ2n) is 4.83. The van der Waals surface area contributed by atoms with Gasteiger partial charge in [0.1, 0.15) is 0 Å². The maximum absolute atomic E-state index is 13.5. The summed E-state index contributed by atoms with van der Waals surface area (Å²) in [6, 6.07) is 6.21. The first kappa shape index (κ1) is 13.8. The van der Waals surface area contributed by atoms with Gasteiger partial charge >= 0.3 is 0 Å². The highest BCUT2D eigenvalue weighted by Crippen LogP contribution is 2.20. The van der Waals surface area contributed by atoms with Crippen LogP contribution in [-0.2, 0) is 4.79 Å². The largest absolute Gasteiger partial charge is 0.478 e. The number of para-hydroxylation sites is 1. The number of hydrogen-bond acceptors (Lipinski definition) is 2. The van der Waals surface area contributed by atoms with Crippen LogP contribution in [0.25, 0.3) is 0 Å². The monoisotopic (exact) mass is 265 g/mol. The highest BCUT2D eigenvalue weighted by Gasteiger charge is 2.26. The van der Waals surface area contributed by atoms with Crippen molar-refractivity contribution < 1.29 is 13.9 Å². The molecule has 0 saturated carbocycles. The summed E-state index contributed by atoms with van der Waals surface area (Å²) in [5.74, 6) is -0.294. The number of carbonyl (C=O) groups excluding carboxylic acids is 1. The second kappa shape index (κ2) is 6.55. The van der Waals surface area contributed by atoms with Crippen LogP contribution in [0.3, 0.4) is 0 Å². The number of rotatable bonds is 4. The third-order valence-corrected chi connectivity index (χ3v) is 3.42. The first-order valence-electron chi connectivity index (χ1n) is 6.92. The zero-order valence-corrected chi connectivity index (χ0v) is 11.3. The molecule has 1 atom stereocenters. The Kier molecular flexibility index (Phi) is 4.77. The van der Waals surface area contributed by atoms with Crippen molar-refractivity contribution >= 4 is 5.91 Å². The van der Waals surface area contributed by atoms with Crippen molar-refractivity contribution in [3.05, 3.63) is 30.1 Å². The first-order chi connectivity index (χ1) is 9.22. The molecule has 0 N–H and O–H groups in total. The van der Waals surface area contributed by atoms with Crippen LogP contribution < -0.4 is 4.74 Å².